The monoisotopic (exact) mass is 363 g/mol. The summed E-state index contributed by atoms with van der Waals surface area (Å²) in [6.07, 6.45) is 0. The van der Waals surface area contributed by atoms with Gasteiger partial charge in [0, 0.05) is 25.6 Å². The van der Waals surface area contributed by atoms with Gasteiger partial charge < -0.3 is 10.2 Å². The number of likely N-dealkylation sites (tertiary alicyclic amines) is 1. The van der Waals surface area contributed by atoms with Crippen molar-refractivity contribution in [2.75, 3.05) is 19.6 Å². The Labute approximate surface area is 152 Å². The molecule has 2 fully saturated rings. The number of aryl methyl sites for hydroxylation is 2. The first-order valence-corrected chi connectivity index (χ1v) is 8.97. The molecule has 0 unspecified atom stereocenters. The third-order valence-electron chi connectivity index (χ3n) is 5.06. The van der Waals surface area contributed by atoms with Gasteiger partial charge in [0.15, 0.2) is 0 Å². The summed E-state index contributed by atoms with van der Waals surface area (Å²) in [4.78, 5) is 20.5. The van der Waals surface area contributed by atoms with Gasteiger partial charge in [-0.15, -0.1) is 23.7 Å². The van der Waals surface area contributed by atoms with Crippen molar-refractivity contribution in [2.24, 2.45) is 11.8 Å². The topological polar surface area (TPSA) is 45.2 Å². The molecule has 1 N–H and O–H groups in total. The number of hydrogen-bond donors (Lipinski definition) is 1. The van der Waals surface area contributed by atoms with Crippen LogP contribution in [0.25, 0.3) is 0 Å². The Morgan fingerprint density at radius 1 is 1.25 bits per heavy atom. The first kappa shape index (κ1) is 17.4. The van der Waals surface area contributed by atoms with Crippen molar-refractivity contribution in [3.8, 4) is 0 Å². The molecule has 0 bridgehead atoms. The van der Waals surface area contributed by atoms with Gasteiger partial charge in [-0.1, -0.05) is 30.3 Å². The summed E-state index contributed by atoms with van der Waals surface area (Å²) in [5.41, 5.74) is 2.11. The lowest BCUT2D eigenvalue weighted by Gasteiger charge is -2.28. The van der Waals surface area contributed by atoms with Crippen LogP contribution >= 0.6 is 23.7 Å². The highest BCUT2D eigenvalue weighted by Gasteiger charge is 2.47. The average molecular weight is 364 g/mol. The smallest absolute Gasteiger partial charge is 0.266 e. The van der Waals surface area contributed by atoms with E-state index in [1.165, 1.54) is 16.9 Å². The Hall–Kier alpha value is -1.43. The van der Waals surface area contributed by atoms with Gasteiger partial charge in [-0.05, 0) is 25.3 Å². The minimum absolute atomic E-state index is 0. The van der Waals surface area contributed by atoms with Crippen molar-refractivity contribution in [2.45, 2.75) is 19.9 Å². The summed E-state index contributed by atoms with van der Waals surface area (Å²) in [6.45, 7) is 6.75. The Morgan fingerprint density at radius 2 is 2.00 bits per heavy atom. The van der Waals surface area contributed by atoms with Crippen LogP contribution in [0.3, 0.4) is 0 Å². The Morgan fingerprint density at radius 3 is 2.67 bits per heavy atom. The van der Waals surface area contributed by atoms with Gasteiger partial charge >= 0.3 is 0 Å². The average Bonchev–Trinajstić information content (AvgIpc) is 3.21. The first-order chi connectivity index (χ1) is 11.1. The first-order valence-electron chi connectivity index (χ1n) is 8.16. The molecule has 1 aromatic carbocycles. The number of nitrogens with zero attached hydrogens (tertiary/aromatic N) is 2. The van der Waals surface area contributed by atoms with E-state index < -0.39 is 0 Å². The highest BCUT2D eigenvalue weighted by molar-refractivity contribution is 7.13. The van der Waals surface area contributed by atoms with Crippen LogP contribution in [0.5, 0.6) is 0 Å². The third-order valence-corrected chi connectivity index (χ3v) is 6.13. The molecule has 3 heterocycles. The number of benzene rings is 1. The van der Waals surface area contributed by atoms with Crippen LogP contribution in [0, 0.1) is 25.7 Å². The fourth-order valence-electron chi connectivity index (χ4n) is 4.07. The molecular formula is C18H22ClN3OS. The SMILES string of the molecule is Cc1nc(C)c(C(=O)N2C[C@@H]3CNC[C@@H]3[C@@H]2c2ccccc2)s1.Cl. The number of carbonyl (C=O) groups is 1. The lowest BCUT2D eigenvalue weighted by molar-refractivity contribution is 0.0718. The van der Waals surface area contributed by atoms with E-state index in [-0.39, 0.29) is 24.4 Å². The molecule has 0 saturated carbocycles. The summed E-state index contributed by atoms with van der Waals surface area (Å²) >= 11 is 1.52. The zero-order valence-electron chi connectivity index (χ0n) is 13.9. The highest BCUT2D eigenvalue weighted by atomic mass is 35.5. The molecule has 128 valence electrons. The van der Waals surface area contributed by atoms with Gasteiger partial charge in [0.05, 0.1) is 16.7 Å². The molecule has 0 aliphatic carbocycles. The summed E-state index contributed by atoms with van der Waals surface area (Å²) in [5, 5.41) is 4.45. The largest absolute Gasteiger partial charge is 0.330 e. The Kier molecular flexibility index (Phi) is 4.95. The number of amides is 1. The molecule has 2 saturated heterocycles. The van der Waals surface area contributed by atoms with E-state index in [4.69, 9.17) is 0 Å². The summed E-state index contributed by atoms with van der Waals surface area (Å²) in [7, 11) is 0. The van der Waals surface area contributed by atoms with Crippen LogP contribution in [0.2, 0.25) is 0 Å². The molecule has 24 heavy (non-hydrogen) atoms. The minimum Gasteiger partial charge on any atom is -0.330 e. The lowest BCUT2D eigenvalue weighted by atomic mass is 9.89. The Balaban J connectivity index is 0.00000169. The lowest BCUT2D eigenvalue weighted by Crippen LogP contribution is -2.34. The van der Waals surface area contributed by atoms with E-state index in [2.05, 4.69) is 39.5 Å². The summed E-state index contributed by atoms with van der Waals surface area (Å²) in [5.74, 6) is 1.21. The molecule has 1 aromatic heterocycles. The predicted molar refractivity (Wildman–Crippen MR) is 98.9 cm³/mol. The van der Waals surface area contributed by atoms with Crippen molar-refractivity contribution in [1.82, 2.24) is 15.2 Å². The van der Waals surface area contributed by atoms with Crippen molar-refractivity contribution in [3.05, 3.63) is 51.5 Å². The Bertz CT molecular complexity index is 733. The van der Waals surface area contributed by atoms with Crippen molar-refractivity contribution >= 4 is 29.7 Å². The molecule has 1 amide bonds. The number of hydrogen-bond acceptors (Lipinski definition) is 4. The van der Waals surface area contributed by atoms with Crippen molar-refractivity contribution in [1.29, 1.82) is 0 Å². The number of aromatic nitrogens is 1. The number of halogens is 1. The third kappa shape index (κ3) is 2.85. The fourth-order valence-corrected chi connectivity index (χ4v) is 4.94. The normalized spacial score (nSPS) is 25.4. The number of nitrogens with one attached hydrogen (secondary N) is 1. The van der Waals surface area contributed by atoms with Gasteiger partial charge in [-0.3, -0.25) is 4.79 Å². The standard InChI is InChI=1S/C18H21N3OS.ClH/c1-11-17(23-12(2)20-11)18(22)21-10-14-8-19-9-15(14)16(21)13-6-4-3-5-7-13;/h3-7,14-16,19H,8-10H2,1-2H3;1H/t14-,15-,16-;/m0./s1. The van der Waals surface area contributed by atoms with Crippen LogP contribution in [0.1, 0.15) is 32.0 Å². The van der Waals surface area contributed by atoms with Gasteiger partial charge in [0.2, 0.25) is 0 Å². The number of carbonyl (C=O) groups excluding carboxylic acids is 1. The van der Waals surface area contributed by atoms with Gasteiger partial charge in [-0.25, -0.2) is 4.98 Å². The van der Waals surface area contributed by atoms with E-state index in [9.17, 15) is 4.79 Å². The predicted octanol–water partition coefficient (Wildman–Crippen LogP) is 3.21. The molecular weight excluding hydrogens is 342 g/mol. The summed E-state index contributed by atoms with van der Waals surface area (Å²) in [6, 6.07) is 10.6. The molecule has 2 aliphatic heterocycles. The van der Waals surface area contributed by atoms with Crippen LogP contribution < -0.4 is 5.32 Å². The van der Waals surface area contributed by atoms with E-state index >= 15 is 0 Å². The molecule has 2 aromatic rings. The molecule has 4 rings (SSSR count). The zero-order chi connectivity index (χ0) is 16.0. The van der Waals surface area contributed by atoms with Crippen molar-refractivity contribution < 1.29 is 4.79 Å². The number of rotatable bonds is 2. The van der Waals surface area contributed by atoms with E-state index in [0.29, 0.717) is 11.8 Å². The molecule has 3 atom stereocenters. The van der Waals surface area contributed by atoms with Crippen LogP contribution in [-0.4, -0.2) is 35.4 Å². The molecule has 4 nitrogen and oxygen atoms in total. The molecule has 0 spiro atoms. The van der Waals surface area contributed by atoms with Crippen LogP contribution in [-0.2, 0) is 0 Å². The molecule has 0 radical (unpaired) electrons. The van der Waals surface area contributed by atoms with Gasteiger partial charge in [0.1, 0.15) is 4.88 Å². The zero-order valence-corrected chi connectivity index (χ0v) is 15.5. The highest BCUT2D eigenvalue weighted by Crippen LogP contribution is 2.43. The van der Waals surface area contributed by atoms with Crippen molar-refractivity contribution in [3.63, 3.8) is 0 Å². The fraction of sp³-hybridized carbons (Fsp3) is 0.444. The van der Waals surface area contributed by atoms with Crippen LogP contribution in [0.4, 0.5) is 0 Å². The second-order valence-electron chi connectivity index (χ2n) is 6.54. The molecule has 2 aliphatic rings. The van der Waals surface area contributed by atoms with Gasteiger partial charge in [0.25, 0.3) is 5.91 Å². The summed E-state index contributed by atoms with van der Waals surface area (Å²) < 4.78 is 0. The molecule has 6 heteroatoms. The second-order valence-corrected chi connectivity index (χ2v) is 7.75. The maximum absolute atomic E-state index is 13.2. The number of thiazole rings is 1. The number of fused-ring (bicyclic) bond motifs is 1. The van der Waals surface area contributed by atoms with Gasteiger partial charge in [-0.2, -0.15) is 0 Å². The maximum atomic E-state index is 13.2. The second kappa shape index (κ2) is 6.82. The minimum atomic E-state index is 0. The maximum Gasteiger partial charge on any atom is 0.266 e. The quantitative estimate of drug-likeness (QED) is 0.891. The van der Waals surface area contributed by atoms with E-state index in [1.54, 1.807) is 0 Å². The van der Waals surface area contributed by atoms with E-state index in [0.717, 1.165) is 35.2 Å². The van der Waals surface area contributed by atoms with Crippen LogP contribution in [0.15, 0.2) is 30.3 Å². The van der Waals surface area contributed by atoms with E-state index in [1.807, 2.05) is 19.9 Å².